The van der Waals surface area contributed by atoms with Crippen LogP contribution in [0.2, 0.25) is 0 Å². The van der Waals surface area contributed by atoms with Crippen molar-refractivity contribution in [3.8, 4) is 0 Å². The third kappa shape index (κ3) is 4.81. The average Bonchev–Trinajstić information content (AvgIpc) is 2.56. The summed E-state index contributed by atoms with van der Waals surface area (Å²) in [5.41, 5.74) is 7.38. The maximum absolute atomic E-state index is 12.5. The van der Waals surface area contributed by atoms with Crippen LogP contribution in [0.15, 0.2) is 60.7 Å². The first-order valence-electron chi connectivity index (χ1n) is 7.26. The van der Waals surface area contributed by atoms with E-state index in [-0.39, 0.29) is 5.78 Å². The van der Waals surface area contributed by atoms with Gasteiger partial charge in [-0.1, -0.05) is 60.7 Å². The summed E-state index contributed by atoms with van der Waals surface area (Å²) in [7, 11) is 0. The number of benzene rings is 2. The van der Waals surface area contributed by atoms with E-state index in [0.717, 1.165) is 6.42 Å². The highest BCUT2D eigenvalue weighted by Gasteiger charge is 2.20. The molecule has 21 heavy (non-hydrogen) atoms. The molecule has 0 heterocycles. The second kappa shape index (κ2) is 8.35. The Kier molecular flexibility index (Phi) is 6.13. The van der Waals surface area contributed by atoms with E-state index in [9.17, 15) is 4.79 Å². The van der Waals surface area contributed by atoms with Crippen molar-refractivity contribution in [2.45, 2.75) is 18.9 Å². The fraction of sp³-hybridized carbons (Fsp3) is 0.278. The van der Waals surface area contributed by atoms with Crippen molar-refractivity contribution in [3.63, 3.8) is 0 Å². The molecule has 2 N–H and O–H groups in total. The van der Waals surface area contributed by atoms with E-state index >= 15 is 0 Å². The largest absolute Gasteiger partial charge is 0.369 e. The summed E-state index contributed by atoms with van der Waals surface area (Å²) in [4.78, 5) is 12.5. The molecule has 2 rings (SSSR count). The number of carbonyl (C=O) groups is 1. The zero-order valence-corrected chi connectivity index (χ0v) is 12.1. The van der Waals surface area contributed by atoms with Crippen molar-refractivity contribution < 1.29 is 9.53 Å². The Balaban J connectivity index is 2.02. The van der Waals surface area contributed by atoms with E-state index in [1.807, 2.05) is 48.5 Å². The van der Waals surface area contributed by atoms with Crippen LogP contribution in [0.1, 0.15) is 22.3 Å². The van der Waals surface area contributed by atoms with Gasteiger partial charge in [0.25, 0.3) is 0 Å². The lowest BCUT2D eigenvalue weighted by molar-refractivity contribution is 0.0408. The van der Waals surface area contributed by atoms with Gasteiger partial charge in [-0.15, -0.1) is 0 Å². The maximum atomic E-state index is 12.5. The molecule has 0 aromatic heterocycles. The summed E-state index contributed by atoms with van der Waals surface area (Å²) >= 11 is 0. The van der Waals surface area contributed by atoms with Crippen LogP contribution in [0, 0.1) is 0 Å². The van der Waals surface area contributed by atoms with Crippen molar-refractivity contribution in [1.29, 1.82) is 0 Å². The molecule has 0 aliphatic rings. The molecule has 0 fully saturated rings. The van der Waals surface area contributed by atoms with Gasteiger partial charge < -0.3 is 10.5 Å². The highest BCUT2D eigenvalue weighted by atomic mass is 16.5. The first kappa shape index (κ1) is 15.4. The molecular formula is C18H21NO2. The van der Waals surface area contributed by atoms with Crippen LogP contribution in [0.4, 0.5) is 0 Å². The molecule has 3 nitrogen and oxygen atoms in total. The Bertz CT molecular complexity index is 540. The van der Waals surface area contributed by atoms with Crippen LogP contribution < -0.4 is 5.73 Å². The third-order valence-electron chi connectivity index (χ3n) is 3.33. The van der Waals surface area contributed by atoms with Crippen LogP contribution in [-0.4, -0.2) is 25.0 Å². The zero-order chi connectivity index (χ0) is 14.9. The lowest BCUT2D eigenvalue weighted by atomic mass is 10.00. The van der Waals surface area contributed by atoms with E-state index in [1.165, 1.54) is 5.56 Å². The Morgan fingerprint density at radius 1 is 1.00 bits per heavy atom. The van der Waals surface area contributed by atoms with Crippen molar-refractivity contribution in [2.24, 2.45) is 5.73 Å². The molecule has 2 aromatic rings. The summed E-state index contributed by atoms with van der Waals surface area (Å²) in [6.45, 7) is 0.821. The predicted molar refractivity (Wildman–Crippen MR) is 84.3 cm³/mol. The Morgan fingerprint density at radius 2 is 1.62 bits per heavy atom. The second-order valence-electron chi connectivity index (χ2n) is 4.90. The van der Waals surface area contributed by atoms with Crippen molar-refractivity contribution in [1.82, 2.24) is 0 Å². The van der Waals surface area contributed by atoms with Gasteiger partial charge in [0.1, 0.15) is 6.10 Å². The summed E-state index contributed by atoms with van der Waals surface area (Å²) < 4.78 is 5.65. The van der Waals surface area contributed by atoms with Gasteiger partial charge in [-0.2, -0.15) is 0 Å². The summed E-state index contributed by atoms with van der Waals surface area (Å²) in [6, 6.07) is 19.4. The number of aryl methyl sites for hydroxylation is 1. The first-order valence-corrected chi connectivity index (χ1v) is 7.26. The maximum Gasteiger partial charge on any atom is 0.191 e. The van der Waals surface area contributed by atoms with Crippen molar-refractivity contribution in [2.75, 3.05) is 13.2 Å². The van der Waals surface area contributed by atoms with Crippen LogP contribution in [0.3, 0.4) is 0 Å². The summed E-state index contributed by atoms with van der Waals surface area (Å²) in [5, 5.41) is 0. The van der Waals surface area contributed by atoms with Gasteiger partial charge >= 0.3 is 0 Å². The monoisotopic (exact) mass is 283 g/mol. The van der Waals surface area contributed by atoms with Crippen molar-refractivity contribution in [3.05, 3.63) is 71.8 Å². The molecule has 0 saturated heterocycles. The van der Waals surface area contributed by atoms with Gasteiger partial charge in [-0.25, -0.2) is 0 Å². The van der Waals surface area contributed by atoms with Gasteiger partial charge in [-0.05, 0) is 18.4 Å². The molecule has 3 heteroatoms. The van der Waals surface area contributed by atoms with Gasteiger partial charge in [0.15, 0.2) is 5.78 Å². The number of nitrogens with two attached hydrogens (primary N) is 1. The minimum atomic E-state index is -0.434. The number of ether oxygens (including phenoxy) is 1. The highest BCUT2D eigenvalue weighted by Crippen LogP contribution is 2.13. The van der Waals surface area contributed by atoms with Gasteiger partial charge in [-0.3, -0.25) is 4.79 Å². The van der Waals surface area contributed by atoms with Crippen LogP contribution in [0.25, 0.3) is 0 Å². The average molecular weight is 283 g/mol. The molecule has 0 bridgehead atoms. The molecule has 0 aliphatic carbocycles. The number of rotatable bonds is 8. The molecule has 1 atom stereocenters. The topological polar surface area (TPSA) is 52.3 Å². The molecule has 0 saturated carbocycles. The van der Waals surface area contributed by atoms with Crippen LogP contribution >= 0.6 is 0 Å². The van der Waals surface area contributed by atoms with Gasteiger partial charge in [0.2, 0.25) is 0 Å². The first-order chi connectivity index (χ1) is 10.3. The zero-order valence-electron chi connectivity index (χ0n) is 12.1. The van der Waals surface area contributed by atoms with Crippen molar-refractivity contribution >= 4 is 5.78 Å². The number of ketones is 1. The number of Topliss-reactive ketones (excluding diaryl/α,β-unsaturated/α-hetero) is 1. The molecule has 0 spiro atoms. The molecule has 0 radical (unpaired) electrons. The molecular weight excluding hydrogens is 262 g/mol. The Labute approximate surface area is 125 Å². The fourth-order valence-electron chi connectivity index (χ4n) is 2.23. The van der Waals surface area contributed by atoms with Gasteiger partial charge in [0.05, 0.1) is 6.61 Å². The number of hydrogen-bond donors (Lipinski definition) is 1. The van der Waals surface area contributed by atoms with E-state index in [4.69, 9.17) is 10.5 Å². The van der Waals surface area contributed by atoms with Crippen LogP contribution in [-0.2, 0) is 11.2 Å². The number of hydrogen-bond acceptors (Lipinski definition) is 3. The Hall–Kier alpha value is -1.97. The standard InChI is InChI=1S/C18H21NO2/c19-13-14-21-17(12-11-15-7-3-1-4-8-15)18(20)16-9-5-2-6-10-16/h1-10,17H,11-14,19H2. The van der Waals surface area contributed by atoms with E-state index in [0.29, 0.717) is 25.1 Å². The minimum Gasteiger partial charge on any atom is -0.369 e. The molecule has 0 amide bonds. The fourth-order valence-corrected chi connectivity index (χ4v) is 2.23. The van der Waals surface area contributed by atoms with Crippen LogP contribution in [0.5, 0.6) is 0 Å². The molecule has 2 aromatic carbocycles. The third-order valence-corrected chi connectivity index (χ3v) is 3.33. The molecule has 0 aliphatic heterocycles. The predicted octanol–water partition coefficient (Wildman–Crippen LogP) is 2.85. The smallest absolute Gasteiger partial charge is 0.191 e. The lowest BCUT2D eigenvalue weighted by Crippen LogP contribution is -2.27. The highest BCUT2D eigenvalue weighted by molar-refractivity contribution is 5.99. The minimum absolute atomic E-state index is 0.0278. The number of carbonyl (C=O) groups excluding carboxylic acids is 1. The van der Waals surface area contributed by atoms with E-state index in [1.54, 1.807) is 0 Å². The molecule has 110 valence electrons. The summed E-state index contributed by atoms with van der Waals surface area (Å²) in [6.07, 6.45) is 1.04. The summed E-state index contributed by atoms with van der Waals surface area (Å²) in [5.74, 6) is 0.0278. The Morgan fingerprint density at radius 3 is 2.24 bits per heavy atom. The second-order valence-corrected chi connectivity index (χ2v) is 4.90. The SMILES string of the molecule is NCCOC(CCc1ccccc1)C(=O)c1ccccc1. The van der Waals surface area contributed by atoms with Gasteiger partial charge in [0, 0.05) is 12.1 Å². The molecule has 1 unspecified atom stereocenters. The quantitative estimate of drug-likeness (QED) is 0.758. The normalized spacial score (nSPS) is 12.0. The van der Waals surface area contributed by atoms with E-state index < -0.39 is 6.10 Å². The van der Waals surface area contributed by atoms with E-state index in [2.05, 4.69) is 12.1 Å². The lowest BCUT2D eigenvalue weighted by Gasteiger charge is -2.16.